The van der Waals surface area contributed by atoms with E-state index in [1.807, 2.05) is 42.5 Å². The van der Waals surface area contributed by atoms with Crippen molar-refractivity contribution < 1.29 is 9.13 Å². The van der Waals surface area contributed by atoms with Gasteiger partial charge in [0.1, 0.15) is 29.5 Å². The summed E-state index contributed by atoms with van der Waals surface area (Å²) in [7, 11) is 1.65. The first kappa shape index (κ1) is 18.0. The minimum absolute atomic E-state index is 0.210. The van der Waals surface area contributed by atoms with Gasteiger partial charge in [0.2, 0.25) is 0 Å². The number of halogens is 1. The first-order chi connectivity index (χ1) is 13.7. The van der Waals surface area contributed by atoms with E-state index in [-0.39, 0.29) is 5.82 Å². The van der Waals surface area contributed by atoms with Crippen molar-refractivity contribution in [1.29, 1.82) is 0 Å². The predicted molar refractivity (Wildman–Crippen MR) is 109 cm³/mol. The Bertz CT molecular complexity index is 926. The van der Waals surface area contributed by atoms with Crippen LogP contribution in [0.4, 0.5) is 27.4 Å². The molecule has 1 N–H and O–H groups in total. The zero-order valence-electron chi connectivity index (χ0n) is 15.7. The number of nitrogens with zero attached hydrogens (tertiary/aromatic N) is 4. The van der Waals surface area contributed by atoms with Gasteiger partial charge in [-0.2, -0.15) is 0 Å². The van der Waals surface area contributed by atoms with Gasteiger partial charge in [0.25, 0.3) is 0 Å². The van der Waals surface area contributed by atoms with Crippen LogP contribution in [-0.4, -0.2) is 43.3 Å². The van der Waals surface area contributed by atoms with E-state index in [9.17, 15) is 4.39 Å². The molecule has 4 rings (SSSR count). The molecular formula is C21H22FN5O. The van der Waals surface area contributed by atoms with Gasteiger partial charge < -0.3 is 19.9 Å². The fourth-order valence-corrected chi connectivity index (χ4v) is 3.32. The third-order valence-corrected chi connectivity index (χ3v) is 4.82. The highest BCUT2D eigenvalue weighted by Gasteiger charge is 2.19. The maximum absolute atomic E-state index is 13.1. The molecule has 6 nitrogen and oxygen atoms in total. The second-order valence-corrected chi connectivity index (χ2v) is 6.54. The molecule has 0 spiro atoms. The maximum Gasteiger partial charge on any atom is 0.142 e. The predicted octanol–water partition coefficient (Wildman–Crippen LogP) is 3.69. The summed E-state index contributed by atoms with van der Waals surface area (Å²) in [6.45, 7) is 3.38. The second kappa shape index (κ2) is 8.12. The van der Waals surface area contributed by atoms with Gasteiger partial charge in [-0.05, 0) is 36.4 Å². The molecule has 144 valence electrons. The van der Waals surface area contributed by atoms with Gasteiger partial charge in [-0.15, -0.1) is 0 Å². The van der Waals surface area contributed by atoms with Crippen molar-refractivity contribution in [2.75, 3.05) is 48.4 Å². The van der Waals surface area contributed by atoms with E-state index < -0.39 is 0 Å². The highest BCUT2D eigenvalue weighted by molar-refractivity contribution is 5.65. The molecule has 1 saturated heterocycles. The van der Waals surface area contributed by atoms with Gasteiger partial charge in [-0.3, -0.25) is 0 Å². The second-order valence-electron chi connectivity index (χ2n) is 6.54. The number of aromatic nitrogens is 2. The summed E-state index contributed by atoms with van der Waals surface area (Å²) < 4.78 is 18.5. The molecule has 2 aromatic carbocycles. The van der Waals surface area contributed by atoms with Crippen LogP contribution in [0.5, 0.6) is 5.75 Å². The van der Waals surface area contributed by atoms with Gasteiger partial charge in [-0.1, -0.05) is 12.1 Å². The fourth-order valence-electron chi connectivity index (χ4n) is 3.32. The van der Waals surface area contributed by atoms with E-state index in [4.69, 9.17) is 4.74 Å². The van der Waals surface area contributed by atoms with Crippen molar-refractivity contribution in [2.24, 2.45) is 0 Å². The van der Waals surface area contributed by atoms with Gasteiger partial charge in [-0.25, -0.2) is 14.4 Å². The zero-order valence-corrected chi connectivity index (χ0v) is 15.7. The van der Waals surface area contributed by atoms with Crippen molar-refractivity contribution in [3.8, 4) is 5.75 Å². The quantitative estimate of drug-likeness (QED) is 0.730. The van der Waals surface area contributed by atoms with E-state index in [2.05, 4.69) is 25.1 Å². The molecule has 0 unspecified atom stereocenters. The molecule has 1 aliphatic heterocycles. The summed E-state index contributed by atoms with van der Waals surface area (Å²) in [4.78, 5) is 13.2. The number of anilines is 4. The van der Waals surface area contributed by atoms with E-state index in [0.717, 1.165) is 54.9 Å². The molecule has 1 fully saturated rings. The first-order valence-electron chi connectivity index (χ1n) is 9.20. The Morgan fingerprint density at radius 3 is 2.39 bits per heavy atom. The molecule has 2 heterocycles. The smallest absolute Gasteiger partial charge is 0.142 e. The Hall–Kier alpha value is -3.35. The standard InChI is InChI=1S/C21H22FN5O/c1-28-19-5-3-2-4-18(19)25-20-14-21(24-15-23-20)27-12-10-26(11-13-27)17-8-6-16(22)7-9-17/h2-9,14-15H,10-13H2,1H3,(H,23,24,25). The van der Waals surface area contributed by atoms with E-state index >= 15 is 0 Å². The minimum atomic E-state index is -0.210. The van der Waals surface area contributed by atoms with Gasteiger partial charge in [0.15, 0.2) is 0 Å². The Labute approximate surface area is 163 Å². The van der Waals surface area contributed by atoms with Gasteiger partial charge in [0.05, 0.1) is 12.8 Å². The number of rotatable bonds is 5. The number of methoxy groups -OCH3 is 1. The van der Waals surface area contributed by atoms with Crippen LogP contribution < -0.4 is 19.9 Å². The molecule has 1 aromatic heterocycles. The van der Waals surface area contributed by atoms with Crippen LogP contribution in [-0.2, 0) is 0 Å². The number of benzene rings is 2. The highest BCUT2D eigenvalue weighted by Crippen LogP contribution is 2.27. The Morgan fingerprint density at radius 2 is 1.64 bits per heavy atom. The average Bonchev–Trinajstić information content (AvgIpc) is 2.75. The van der Waals surface area contributed by atoms with Crippen molar-refractivity contribution in [1.82, 2.24) is 9.97 Å². The maximum atomic E-state index is 13.1. The van der Waals surface area contributed by atoms with E-state index in [1.54, 1.807) is 13.4 Å². The monoisotopic (exact) mass is 379 g/mol. The van der Waals surface area contributed by atoms with Crippen LogP contribution in [0.3, 0.4) is 0 Å². The van der Waals surface area contributed by atoms with Crippen LogP contribution in [0, 0.1) is 5.82 Å². The molecule has 1 aliphatic rings. The molecule has 0 saturated carbocycles. The topological polar surface area (TPSA) is 53.5 Å². The molecule has 0 aliphatic carbocycles. The summed E-state index contributed by atoms with van der Waals surface area (Å²) in [6, 6.07) is 16.3. The minimum Gasteiger partial charge on any atom is -0.495 e. The van der Waals surface area contributed by atoms with Crippen molar-refractivity contribution in [3.63, 3.8) is 0 Å². The van der Waals surface area contributed by atoms with Crippen LogP contribution in [0.15, 0.2) is 60.9 Å². The summed E-state index contributed by atoms with van der Waals surface area (Å²) in [5.41, 5.74) is 1.90. The molecular weight excluding hydrogens is 357 g/mol. The molecule has 0 radical (unpaired) electrons. The molecule has 3 aromatic rings. The van der Waals surface area contributed by atoms with E-state index in [1.165, 1.54) is 12.1 Å². The van der Waals surface area contributed by atoms with Crippen molar-refractivity contribution in [2.45, 2.75) is 0 Å². The largest absolute Gasteiger partial charge is 0.495 e. The lowest BCUT2D eigenvalue weighted by atomic mass is 10.2. The van der Waals surface area contributed by atoms with Crippen molar-refractivity contribution >= 4 is 23.0 Å². The van der Waals surface area contributed by atoms with Gasteiger partial charge >= 0.3 is 0 Å². The Balaban J connectivity index is 1.43. The molecule has 0 atom stereocenters. The number of hydrogen-bond acceptors (Lipinski definition) is 6. The lowest BCUT2D eigenvalue weighted by Gasteiger charge is -2.36. The molecule has 0 amide bonds. The molecule has 7 heteroatoms. The number of ether oxygens (including phenoxy) is 1. The molecule has 0 bridgehead atoms. The third-order valence-electron chi connectivity index (χ3n) is 4.82. The summed E-state index contributed by atoms with van der Waals surface area (Å²) in [5, 5.41) is 3.29. The Morgan fingerprint density at radius 1 is 0.929 bits per heavy atom. The first-order valence-corrected chi connectivity index (χ1v) is 9.20. The fraction of sp³-hybridized carbons (Fsp3) is 0.238. The number of piperazine rings is 1. The van der Waals surface area contributed by atoms with E-state index in [0.29, 0.717) is 0 Å². The van der Waals surface area contributed by atoms with Crippen LogP contribution >= 0.6 is 0 Å². The van der Waals surface area contributed by atoms with Crippen LogP contribution in [0.2, 0.25) is 0 Å². The molecule has 28 heavy (non-hydrogen) atoms. The van der Waals surface area contributed by atoms with Crippen LogP contribution in [0.1, 0.15) is 0 Å². The average molecular weight is 379 g/mol. The number of nitrogens with one attached hydrogen (secondary N) is 1. The SMILES string of the molecule is COc1ccccc1Nc1cc(N2CCN(c3ccc(F)cc3)CC2)ncn1. The lowest BCUT2D eigenvalue weighted by Crippen LogP contribution is -2.46. The third kappa shape index (κ3) is 3.98. The number of hydrogen-bond donors (Lipinski definition) is 1. The summed E-state index contributed by atoms with van der Waals surface area (Å²) >= 11 is 0. The van der Waals surface area contributed by atoms with Crippen molar-refractivity contribution in [3.05, 3.63) is 66.7 Å². The summed E-state index contributed by atoms with van der Waals surface area (Å²) in [6.07, 6.45) is 1.57. The normalized spacial score (nSPS) is 14.1. The Kier molecular flexibility index (Phi) is 5.23. The lowest BCUT2D eigenvalue weighted by molar-refractivity contribution is 0.417. The zero-order chi connectivity index (χ0) is 19.3. The number of para-hydroxylation sites is 2. The highest BCUT2D eigenvalue weighted by atomic mass is 19.1. The summed E-state index contributed by atoms with van der Waals surface area (Å²) in [5.74, 6) is 2.15. The van der Waals surface area contributed by atoms with Crippen LogP contribution in [0.25, 0.3) is 0 Å². The van der Waals surface area contributed by atoms with Gasteiger partial charge in [0, 0.05) is 37.9 Å².